The van der Waals surface area contributed by atoms with E-state index in [0.717, 1.165) is 5.82 Å². The van der Waals surface area contributed by atoms with Gasteiger partial charge in [0.15, 0.2) is 5.12 Å². The van der Waals surface area contributed by atoms with Crippen molar-refractivity contribution in [3.63, 3.8) is 0 Å². The summed E-state index contributed by atoms with van der Waals surface area (Å²) in [5.74, 6) is 1.49. The lowest BCUT2D eigenvalue weighted by atomic mass is 10.7. The second-order valence-corrected chi connectivity index (χ2v) is 2.97. The highest BCUT2D eigenvalue weighted by molar-refractivity contribution is 8.12. The van der Waals surface area contributed by atoms with Gasteiger partial charge in [-0.25, -0.2) is 4.98 Å². The third-order valence-corrected chi connectivity index (χ3v) is 1.79. The summed E-state index contributed by atoms with van der Waals surface area (Å²) in [5, 5.41) is 0.122. The summed E-state index contributed by atoms with van der Waals surface area (Å²) in [4.78, 5) is 17.3. The lowest BCUT2D eigenvalue weighted by Gasteiger charge is -1.90. The second kappa shape index (κ2) is 3.41. The van der Waals surface area contributed by atoms with Gasteiger partial charge in [-0.3, -0.25) is 4.79 Å². The number of nitrogens with zero attached hydrogens (tertiary/aromatic N) is 1. The predicted molar refractivity (Wildman–Crippen MR) is 40.6 cm³/mol. The Bertz CT molecular complexity index is 208. The van der Waals surface area contributed by atoms with Crippen molar-refractivity contribution in [3.05, 3.63) is 18.2 Å². The normalized spacial score (nSPS) is 9.70. The molecule has 0 amide bonds. The van der Waals surface area contributed by atoms with Crippen molar-refractivity contribution in [1.29, 1.82) is 0 Å². The van der Waals surface area contributed by atoms with Gasteiger partial charge in [-0.1, -0.05) is 11.8 Å². The maximum absolute atomic E-state index is 10.5. The van der Waals surface area contributed by atoms with Crippen LogP contribution >= 0.6 is 11.8 Å². The van der Waals surface area contributed by atoms with Gasteiger partial charge < -0.3 is 4.98 Å². The van der Waals surface area contributed by atoms with E-state index in [-0.39, 0.29) is 5.12 Å². The summed E-state index contributed by atoms with van der Waals surface area (Å²) in [6.07, 6.45) is 3.42. The molecule has 0 aliphatic carbocycles. The molecule has 0 atom stereocenters. The van der Waals surface area contributed by atoms with Crippen molar-refractivity contribution < 1.29 is 4.79 Å². The molecule has 0 spiro atoms. The van der Waals surface area contributed by atoms with Crippen LogP contribution in [0.1, 0.15) is 12.7 Å². The van der Waals surface area contributed by atoms with Gasteiger partial charge in [0, 0.05) is 19.3 Å². The molecule has 0 saturated heterocycles. The van der Waals surface area contributed by atoms with E-state index in [9.17, 15) is 4.79 Å². The minimum absolute atomic E-state index is 0.122. The van der Waals surface area contributed by atoms with E-state index < -0.39 is 0 Å². The molecule has 0 saturated carbocycles. The number of imidazole rings is 1. The van der Waals surface area contributed by atoms with E-state index >= 15 is 0 Å². The molecule has 1 rings (SSSR count). The Balaban J connectivity index is 2.35. The lowest BCUT2D eigenvalue weighted by molar-refractivity contribution is -0.109. The van der Waals surface area contributed by atoms with Gasteiger partial charge in [0.2, 0.25) is 0 Å². The fourth-order valence-electron chi connectivity index (χ4n) is 0.547. The number of aromatic amines is 1. The van der Waals surface area contributed by atoms with Crippen LogP contribution in [0.15, 0.2) is 12.4 Å². The van der Waals surface area contributed by atoms with Gasteiger partial charge in [0.1, 0.15) is 5.82 Å². The van der Waals surface area contributed by atoms with E-state index in [2.05, 4.69) is 9.97 Å². The van der Waals surface area contributed by atoms with Gasteiger partial charge in [-0.05, 0) is 0 Å². The Hall–Kier alpha value is -0.770. The maximum Gasteiger partial charge on any atom is 0.186 e. The van der Waals surface area contributed by atoms with Crippen LogP contribution in [0.5, 0.6) is 0 Å². The largest absolute Gasteiger partial charge is 0.348 e. The summed E-state index contributed by atoms with van der Waals surface area (Å²) in [6, 6.07) is 0. The number of rotatable bonds is 2. The van der Waals surface area contributed by atoms with Crippen LogP contribution in [0, 0.1) is 0 Å². The minimum atomic E-state index is 0.122. The smallest absolute Gasteiger partial charge is 0.186 e. The molecule has 0 unspecified atom stereocenters. The number of hydrogen-bond acceptors (Lipinski definition) is 3. The minimum Gasteiger partial charge on any atom is -0.348 e. The first kappa shape index (κ1) is 7.34. The standard InChI is InChI=1S/C6H8N2OS/c1-5(9)10-4-6-7-2-3-8-6/h2-3H,4H2,1H3,(H,7,8). The third-order valence-electron chi connectivity index (χ3n) is 0.967. The molecule has 0 aliphatic heterocycles. The summed E-state index contributed by atoms with van der Waals surface area (Å²) < 4.78 is 0. The molecule has 3 nitrogen and oxygen atoms in total. The fraction of sp³-hybridized carbons (Fsp3) is 0.333. The Kier molecular flexibility index (Phi) is 2.50. The van der Waals surface area contributed by atoms with Crippen molar-refractivity contribution in [2.45, 2.75) is 12.7 Å². The number of thioether (sulfide) groups is 1. The molecular weight excluding hydrogens is 148 g/mol. The van der Waals surface area contributed by atoms with Gasteiger partial charge in [-0.2, -0.15) is 0 Å². The molecule has 4 heteroatoms. The summed E-state index contributed by atoms with van der Waals surface area (Å²) in [5.41, 5.74) is 0. The Morgan fingerprint density at radius 3 is 3.20 bits per heavy atom. The molecular formula is C6H8N2OS. The molecule has 54 valence electrons. The van der Waals surface area contributed by atoms with Gasteiger partial charge in [-0.15, -0.1) is 0 Å². The van der Waals surface area contributed by atoms with Crippen LogP contribution in [-0.4, -0.2) is 15.1 Å². The Labute approximate surface area is 63.2 Å². The van der Waals surface area contributed by atoms with Crippen LogP contribution in [0.25, 0.3) is 0 Å². The topological polar surface area (TPSA) is 45.8 Å². The summed E-state index contributed by atoms with van der Waals surface area (Å²) >= 11 is 1.26. The molecule has 1 N–H and O–H groups in total. The van der Waals surface area contributed by atoms with Crippen molar-refractivity contribution >= 4 is 16.9 Å². The molecule has 1 aromatic rings. The third kappa shape index (κ3) is 2.23. The highest BCUT2D eigenvalue weighted by atomic mass is 32.2. The first-order chi connectivity index (χ1) is 4.79. The van der Waals surface area contributed by atoms with Crippen molar-refractivity contribution in [3.8, 4) is 0 Å². The predicted octanol–water partition coefficient (Wildman–Crippen LogP) is 1.19. The fourth-order valence-corrected chi connectivity index (χ4v) is 1.04. The Morgan fingerprint density at radius 1 is 1.90 bits per heavy atom. The molecule has 0 fully saturated rings. The summed E-state index contributed by atoms with van der Waals surface area (Å²) in [6.45, 7) is 1.55. The number of carbonyl (C=O) groups is 1. The van der Waals surface area contributed by atoms with Gasteiger partial charge in [0.25, 0.3) is 0 Å². The first-order valence-corrected chi connectivity index (χ1v) is 3.89. The first-order valence-electron chi connectivity index (χ1n) is 2.90. The van der Waals surface area contributed by atoms with Crippen LogP contribution in [0.2, 0.25) is 0 Å². The van der Waals surface area contributed by atoms with E-state index in [4.69, 9.17) is 0 Å². The van der Waals surface area contributed by atoms with E-state index in [1.807, 2.05) is 0 Å². The van der Waals surface area contributed by atoms with Gasteiger partial charge in [0.05, 0.1) is 5.75 Å². The van der Waals surface area contributed by atoms with Crippen LogP contribution in [0.4, 0.5) is 0 Å². The van der Waals surface area contributed by atoms with E-state index in [1.54, 1.807) is 19.3 Å². The highest BCUT2D eigenvalue weighted by Gasteiger charge is 1.96. The quantitative estimate of drug-likeness (QED) is 0.699. The van der Waals surface area contributed by atoms with E-state index in [1.165, 1.54) is 11.8 Å². The summed E-state index contributed by atoms with van der Waals surface area (Å²) in [7, 11) is 0. The molecule has 0 radical (unpaired) electrons. The zero-order valence-electron chi connectivity index (χ0n) is 5.63. The molecule has 1 aromatic heterocycles. The molecule has 0 aliphatic rings. The monoisotopic (exact) mass is 156 g/mol. The number of aromatic nitrogens is 2. The zero-order chi connectivity index (χ0) is 7.40. The average molecular weight is 156 g/mol. The number of H-pyrrole nitrogens is 1. The average Bonchev–Trinajstić information content (AvgIpc) is 2.34. The SMILES string of the molecule is CC(=O)SCc1ncc[nH]1. The van der Waals surface area contributed by atoms with Crippen molar-refractivity contribution in [2.75, 3.05) is 0 Å². The van der Waals surface area contributed by atoms with Crippen LogP contribution in [-0.2, 0) is 10.5 Å². The van der Waals surface area contributed by atoms with Crippen molar-refractivity contribution in [1.82, 2.24) is 9.97 Å². The lowest BCUT2D eigenvalue weighted by Crippen LogP contribution is -1.86. The number of carbonyl (C=O) groups excluding carboxylic acids is 1. The molecule has 10 heavy (non-hydrogen) atoms. The molecule has 0 aromatic carbocycles. The molecule has 0 bridgehead atoms. The maximum atomic E-state index is 10.5. The van der Waals surface area contributed by atoms with Crippen LogP contribution < -0.4 is 0 Å². The van der Waals surface area contributed by atoms with Gasteiger partial charge >= 0.3 is 0 Å². The highest BCUT2D eigenvalue weighted by Crippen LogP contribution is 2.07. The van der Waals surface area contributed by atoms with Crippen molar-refractivity contribution in [2.24, 2.45) is 0 Å². The zero-order valence-corrected chi connectivity index (χ0v) is 6.44. The Morgan fingerprint density at radius 2 is 2.70 bits per heavy atom. The second-order valence-electron chi connectivity index (χ2n) is 1.82. The number of nitrogens with one attached hydrogen (secondary N) is 1. The van der Waals surface area contributed by atoms with E-state index in [0.29, 0.717) is 5.75 Å². The molecule has 1 heterocycles. The van der Waals surface area contributed by atoms with Crippen LogP contribution in [0.3, 0.4) is 0 Å². The number of hydrogen-bond donors (Lipinski definition) is 1.